The molecule has 0 bridgehead atoms. The van der Waals surface area contributed by atoms with Gasteiger partial charge in [0.2, 0.25) is 5.88 Å². The summed E-state index contributed by atoms with van der Waals surface area (Å²) in [7, 11) is 1.62. The van der Waals surface area contributed by atoms with Gasteiger partial charge in [-0.1, -0.05) is 13.0 Å². The number of benzene rings is 1. The van der Waals surface area contributed by atoms with Crippen LogP contribution in [-0.2, 0) is 6.54 Å². The molecule has 2 rings (SSSR count). The molecule has 0 fully saturated rings. The van der Waals surface area contributed by atoms with Crippen LogP contribution in [0.5, 0.6) is 17.4 Å². The van der Waals surface area contributed by atoms with Gasteiger partial charge in [-0.3, -0.25) is 0 Å². The third-order valence-corrected chi connectivity index (χ3v) is 2.52. The van der Waals surface area contributed by atoms with E-state index in [4.69, 9.17) is 9.47 Å². The number of ether oxygens (including phenoxy) is 2. The van der Waals surface area contributed by atoms with E-state index >= 15 is 0 Å². The van der Waals surface area contributed by atoms with E-state index in [0.717, 1.165) is 18.0 Å². The standard InChI is InChI=1S/C14H17N3O2/c1-3-15-10-11-7-8-14(17-16-11)19-13-6-4-5-12(9-13)18-2/h4-9,15H,3,10H2,1-2H3. The highest BCUT2D eigenvalue weighted by Crippen LogP contribution is 2.23. The van der Waals surface area contributed by atoms with Crippen molar-refractivity contribution in [3.05, 3.63) is 42.1 Å². The third-order valence-electron chi connectivity index (χ3n) is 2.52. The van der Waals surface area contributed by atoms with Gasteiger partial charge in [0.15, 0.2) is 0 Å². The van der Waals surface area contributed by atoms with Crippen molar-refractivity contribution in [1.82, 2.24) is 15.5 Å². The Morgan fingerprint density at radius 1 is 1.11 bits per heavy atom. The molecule has 1 aromatic heterocycles. The largest absolute Gasteiger partial charge is 0.497 e. The Hall–Kier alpha value is -2.14. The van der Waals surface area contributed by atoms with Crippen LogP contribution in [0.3, 0.4) is 0 Å². The van der Waals surface area contributed by atoms with E-state index in [2.05, 4.69) is 15.5 Å². The fraction of sp³-hybridized carbons (Fsp3) is 0.286. The third kappa shape index (κ3) is 3.93. The van der Waals surface area contributed by atoms with Gasteiger partial charge in [0.05, 0.1) is 12.8 Å². The number of nitrogens with one attached hydrogen (secondary N) is 1. The highest BCUT2D eigenvalue weighted by molar-refractivity contribution is 5.34. The second-order valence-corrected chi connectivity index (χ2v) is 3.92. The summed E-state index contributed by atoms with van der Waals surface area (Å²) in [6.07, 6.45) is 0. The quantitative estimate of drug-likeness (QED) is 0.863. The van der Waals surface area contributed by atoms with Gasteiger partial charge in [0, 0.05) is 18.7 Å². The summed E-state index contributed by atoms with van der Waals surface area (Å²) >= 11 is 0. The minimum atomic E-state index is 0.466. The van der Waals surface area contributed by atoms with Gasteiger partial charge < -0.3 is 14.8 Å². The van der Waals surface area contributed by atoms with Crippen molar-refractivity contribution in [2.24, 2.45) is 0 Å². The van der Waals surface area contributed by atoms with Gasteiger partial charge in [-0.05, 0) is 24.7 Å². The molecule has 0 saturated carbocycles. The molecule has 0 amide bonds. The lowest BCUT2D eigenvalue weighted by molar-refractivity contribution is 0.406. The van der Waals surface area contributed by atoms with E-state index in [0.29, 0.717) is 18.2 Å². The van der Waals surface area contributed by atoms with Crippen LogP contribution >= 0.6 is 0 Å². The fourth-order valence-corrected chi connectivity index (χ4v) is 1.53. The molecule has 0 spiro atoms. The fourth-order valence-electron chi connectivity index (χ4n) is 1.53. The van der Waals surface area contributed by atoms with Gasteiger partial charge in [0.1, 0.15) is 11.5 Å². The van der Waals surface area contributed by atoms with Crippen LogP contribution in [0.25, 0.3) is 0 Å². The Labute approximate surface area is 112 Å². The number of methoxy groups -OCH3 is 1. The molecule has 100 valence electrons. The molecule has 5 nitrogen and oxygen atoms in total. The summed E-state index contributed by atoms with van der Waals surface area (Å²) in [5.74, 6) is 1.89. The van der Waals surface area contributed by atoms with Gasteiger partial charge >= 0.3 is 0 Å². The lowest BCUT2D eigenvalue weighted by Crippen LogP contribution is -2.13. The minimum absolute atomic E-state index is 0.466. The molecule has 0 aliphatic heterocycles. The van der Waals surface area contributed by atoms with Crippen LogP contribution in [-0.4, -0.2) is 23.9 Å². The Balaban J connectivity index is 2.02. The predicted octanol–water partition coefficient (Wildman–Crippen LogP) is 2.39. The topological polar surface area (TPSA) is 56.3 Å². The van der Waals surface area contributed by atoms with Gasteiger partial charge in [0.25, 0.3) is 0 Å². The molecule has 0 unspecified atom stereocenters. The number of hydrogen-bond acceptors (Lipinski definition) is 5. The molecule has 0 aliphatic rings. The van der Waals surface area contributed by atoms with E-state index in [1.54, 1.807) is 19.2 Å². The Morgan fingerprint density at radius 2 is 1.95 bits per heavy atom. The van der Waals surface area contributed by atoms with Crippen molar-refractivity contribution in [1.29, 1.82) is 0 Å². The average Bonchev–Trinajstić information content (AvgIpc) is 2.47. The lowest BCUT2D eigenvalue weighted by Gasteiger charge is -2.06. The van der Waals surface area contributed by atoms with Gasteiger partial charge in [-0.25, -0.2) is 0 Å². The molecular weight excluding hydrogens is 242 g/mol. The summed E-state index contributed by atoms with van der Waals surface area (Å²) in [6.45, 7) is 3.67. The molecule has 1 heterocycles. The maximum atomic E-state index is 5.61. The zero-order chi connectivity index (χ0) is 13.5. The first-order chi connectivity index (χ1) is 9.31. The van der Waals surface area contributed by atoms with Crippen LogP contribution in [0.4, 0.5) is 0 Å². The normalized spacial score (nSPS) is 10.2. The summed E-state index contributed by atoms with van der Waals surface area (Å²) in [4.78, 5) is 0. The van der Waals surface area contributed by atoms with E-state index in [1.165, 1.54) is 0 Å². The van der Waals surface area contributed by atoms with Crippen LogP contribution < -0.4 is 14.8 Å². The van der Waals surface area contributed by atoms with Crippen LogP contribution in [0.1, 0.15) is 12.6 Å². The zero-order valence-corrected chi connectivity index (χ0v) is 11.1. The first kappa shape index (κ1) is 13.3. The maximum Gasteiger partial charge on any atom is 0.238 e. The van der Waals surface area contributed by atoms with Crippen molar-refractivity contribution < 1.29 is 9.47 Å². The molecule has 5 heteroatoms. The van der Waals surface area contributed by atoms with Crippen molar-refractivity contribution in [2.75, 3.05) is 13.7 Å². The minimum Gasteiger partial charge on any atom is -0.497 e. The molecular formula is C14H17N3O2. The van der Waals surface area contributed by atoms with Crippen molar-refractivity contribution in [3.8, 4) is 17.4 Å². The first-order valence-corrected chi connectivity index (χ1v) is 6.17. The highest BCUT2D eigenvalue weighted by Gasteiger charge is 2.02. The first-order valence-electron chi connectivity index (χ1n) is 6.17. The Kier molecular flexibility index (Phi) is 4.69. The Morgan fingerprint density at radius 3 is 2.63 bits per heavy atom. The number of hydrogen-bond donors (Lipinski definition) is 1. The molecule has 1 N–H and O–H groups in total. The van der Waals surface area contributed by atoms with Crippen molar-refractivity contribution in [3.63, 3.8) is 0 Å². The van der Waals surface area contributed by atoms with Crippen LogP contribution in [0.15, 0.2) is 36.4 Å². The summed E-state index contributed by atoms with van der Waals surface area (Å²) in [6, 6.07) is 11.1. The maximum absolute atomic E-state index is 5.61. The van der Waals surface area contributed by atoms with Crippen LogP contribution in [0.2, 0.25) is 0 Å². The monoisotopic (exact) mass is 259 g/mol. The second kappa shape index (κ2) is 6.70. The average molecular weight is 259 g/mol. The number of rotatable bonds is 6. The molecule has 2 aromatic rings. The molecule has 0 atom stereocenters. The van der Waals surface area contributed by atoms with Crippen LogP contribution in [0, 0.1) is 0 Å². The predicted molar refractivity (Wildman–Crippen MR) is 72.5 cm³/mol. The van der Waals surface area contributed by atoms with E-state index in [-0.39, 0.29) is 0 Å². The lowest BCUT2D eigenvalue weighted by atomic mass is 10.3. The van der Waals surface area contributed by atoms with Crippen molar-refractivity contribution >= 4 is 0 Å². The Bertz CT molecular complexity index is 514. The van der Waals surface area contributed by atoms with Gasteiger partial charge in [-0.2, -0.15) is 5.10 Å². The van der Waals surface area contributed by atoms with E-state index in [1.807, 2.05) is 31.2 Å². The zero-order valence-electron chi connectivity index (χ0n) is 11.1. The second-order valence-electron chi connectivity index (χ2n) is 3.92. The molecule has 0 aliphatic carbocycles. The SMILES string of the molecule is CCNCc1ccc(Oc2cccc(OC)c2)nn1. The summed E-state index contributed by atoms with van der Waals surface area (Å²) in [5.41, 5.74) is 0.889. The number of nitrogens with zero attached hydrogens (tertiary/aromatic N) is 2. The molecule has 0 saturated heterocycles. The smallest absolute Gasteiger partial charge is 0.238 e. The highest BCUT2D eigenvalue weighted by atomic mass is 16.5. The number of aromatic nitrogens is 2. The molecule has 19 heavy (non-hydrogen) atoms. The molecule has 0 radical (unpaired) electrons. The van der Waals surface area contributed by atoms with Crippen molar-refractivity contribution in [2.45, 2.75) is 13.5 Å². The summed E-state index contributed by atoms with van der Waals surface area (Å²) < 4.78 is 10.7. The van der Waals surface area contributed by atoms with E-state index in [9.17, 15) is 0 Å². The van der Waals surface area contributed by atoms with E-state index < -0.39 is 0 Å². The molecule has 1 aromatic carbocycles. The summed E-state index contributed by atoms with van der Waals surface area (Å²) in [5, 5.41) is 11.3. The van der Waals surface area contributed by atoms with Gasteiger partial charge in [-0.15, -0.1) is 5.10 Å².